The van der Waals surface area contributed by atoms with Gasteiger partial charge in [-0.15, -0.1) is 10.2 Å². The molecular weight excluding hydrogens is 388 g/mol. The van der Waals surface area contributed by atoms with Gasteiger partial charge < -0.3 is 9.73 Å². The summed E-state index contributed by atoms with van der Waals surface area (Å²) in [6.45, 7) is 2.78. The molecule has 1 amide bonds. The van der Waals surface area contributed by atoms with E-state index in [1.54, 1.807) is 0 Å². The fraction of sp³-hybridized carbons (Fsp3) is 0.400. The Morgan fingerprint density at radius 2 is 1.61 bits per heavy atom. The maximum absolute atomic E-state index is 12.6. The highest BCUT2D eigenvalue weighted by Crippen LogP contribution is 2.24. The topological polar surface area (TPSA) is 71.3 Å². The van der Waals surface area contributed by atoms with Gasteiger partial charge in [0.05, 0.1) is 6.04 Å². The lowest BCUT2D eigenvalue weighted by Gasteiger charge is -2.31. The highest BCUT2D eigenvalue weighted by molar-refractivity contribution is 5.76. The van der Waals surface area contributed by atoms with Crippen LogP contribution in [0.2, 0.25) is 0 Å². The molecule has 1 N–H and O–H groups in total. The largest absolute Gasteiger partial charge is 0.421 e. The molecule has 1 unspecified atom stereocenters. The van der Waals surface area contributed by atoms with E-state index >= 15 is 0 Å². The highest BCUT2D eigenvalue weighted by atomic mass is 16.4. The maximum Gasteiger partial charge on any atom is 0.247 e. The summed E-state index contributed by atoms with van der Waals surface area (Å²) < 4.78 is 5.71. The van der Waals surface area contributed by atoms with Crippen LogP contribution >= 0.6 is 0 Å². The van der Waals surface area contributed by atoms with Crippen molar-refractivity contribution in [3.05, 3.63) is 72.1 Å². The van der Waals surface area contributed by atoms with Crippen LogP contribution in [0.3, 0.4) is 0 Å². The van der Waals surface area contributed by atoms with Crippen molar-refractivity contribution in [3.8, 4) is 11.5 Å². The number of nitrogens with zero attached hydrogens (tertiary/aromatic N) is 3. The molecule has 1 aromatic heterocycles. The third kappa shape index (κ3) is 6.01. The summed E-state index contributed by atoms with van der Waals surface area (Å²) in [7, 11) is 0. The van der Waals surface area contributed by atoms with Crippen molar-refractivity contribution in [2.24, 2.45) is 0 Å². The summed E-state index contributed by atoms with van der Waals surface area (Å²) in [5.41, 5.74) is 2.14. The Labute approximate surface area is 183 Å². The molecule has 1 aliphatic rings. The second-order valence-corrected chi connectivity index (χ2v) is 8.05. The molecule has 2 heterocycles. The van der Waals surface area contributed by atoms with Crippen LogP contribution in [-0.2, 0) is 11.2 Å². The van der Waals surface area contributed by atoms with Gasteiger partial charge in [-0.1, -0.05) is 61.4 Å². The number of carbonyl (C=O) groups is 1. The zero-order valence-electron chi connectivity index (χ0n) is 17.9. The van der Waals surface area contributed by atoms with Gasteiger partial charge >= 0.3 is 0 Å². The minimum atomic E-state index is 0.00946. The summed E-state index contributed by atoms with van der Waals surface area (Å²) in [4.78, 5) is 15.1. The number of carbonyl (C=O) groups excluding carboxylic acids is 1. The number of likely N-dealkylation sites (tertiary alicyclic amines) is 1. The molecule has 31 heavy (non-hydrogen) atoms. The lowest BCUT2D eigenvalue weighted by Crippen LogP contribution is -2.38. The molecule has 162 valence electrons. The van der Waals surface area contributed by atoms with E-state index in [0.29, 0.717) is 31.2 Å². The Morgan fingerprint density at radius 1 is 0.935 bits per heavy atom. The fourth-order valence-corrected chi connectivity index (χ4v) is 4.11. The van der Waals surface area contributed by atoms with Gasteiger partial charge in [-0.05, 0) is 43.6 Å². The van der Waals surface area contributed by atoms with Gasteiger partial charge in [0.1, 0.15) is 0 Å². The number of rotatable bonds is 8. The Morgan fingerprint density at radius 3 is 2.32 bits per heavy atom. The predicted octanol–water partition coefficient (Wildman–Crippen LogP) is 4.40. The smallest absolute Gasteiger partial charge is 0.247 e. The molecule has 1 saturated heterocycles. The molecule has 0 bridgehead atoms. The van der Waals surface area contributed by atoms with Crippen molar-refractivity contribution in [2.45, 2.75) is 44.6 Å². The Bertz CT molecular complexity index is 934. The van der Waals surface area contributed by atoms with E-state index in [0.717, 1.165) is 18.7 Å². The third-order valence-corrected chi connectivity index (χ3v) is 5.81. The van der Waals surface area contributed by atoms with Crippen LogP contribution in [0.5, 0.6) is 0 Å². The monoisotopic (exact) mass is 418 g/mol. The van der Waals surface area contributed by atoms with Crippen LogP contribution < -0.4 is 5.32 Å². The molecule has 0 radical (unpaired) electrons. The van der Waals surface area contributed by atoms with Gasteiger partial charge in [0.25, 0.3) is 0 Å². The summed E-state index contributed by atoms with van der Waals surface area (Å²) in [5, 5.41) is 11.3. The van der Waals surface area contributed by atoms with Gasteiger partial charge in [0.2, 0.25) is 17.7 Å². The first-order valence-electron chi connectivity index (χ1n) is 11.2. The Kier molecular flexibility index (Phi) is 7.45. The normalized spacial score (nSPS) is 15.9. The van der Waals surface area contributed by atoms with Gasteiger partial charge in [-0.25, -0.2) is 0 Å². The summed E-state index contributed by atoms with van der Waals surface area (Å²) in [5.74, 6) is 0.984. The highest BCUT2D eigenvalue weighted by Gasteiger charge is 2.22. The van der Waals surface area contributed by atoms with Gasteiger partial charge in [0, 0.05) is 24.9 Å². The van der Waals surface area contributed by atoms with E-state index < -0.39 is 0 Å². The van der Waals surface area contributed by atoms with Crippen molar-refractivity contribution < 1.29 is 9.21 Å². The lowest BCUT2D eigenvalue weighted by atomic mass is 10.0. The standard InChI is InChI=1S/C25H30N4O2/c30-23(15-16-24-27-28-25(31-24)21-13-7-4-8-14-21)26-19-22(20-11-5-3-6-12-20)29-17-9-1-2-10-18-29/h3-8,11-14,22H,1-2,9-10,15-19H2,(H,26,30). The molecule has 3 aromatic rings. The van der Waals surface area contributed by atoms with E-state index in [1.807, 2.05) is 36.4 Å². The summed E-state index contributed by atoms with van der Waals surface area (Å²) >= 11 is 0. The first-order chi connectivity index (χ1) is 15.3. The minimum absolute atomic E-state index is 0.00946. The molecule has 6 heteroatoms. The minimum Gasteiger partial charge on any atom is -0.421 e. The molecule has 1 aliphatic heterocycles. The van der Waals surface area contributed by atoms with E-state index in [-0.39, 0.29) is 11.9 Å². The summed E-state index contributed by atoms with van der Waals surface area (Å²) in [6, 6.07) is 20.4. The lowest BCUT2D eigenvalue weighted by molar-refractivity contribution is -0.121. The number of amides is 1. The number of aryl methyl sites for hydroxylation is 1. The molecule has 0 aliphatic carbocycles. The number of hydrogen-bond acceptors (Lipinski definition) is 5. The molecule has 4 rings (SSSR count). The Balaban J connectivity index is 1.32. The molecule has 0 spiro atoms. The third-order valence-electron chi connectivity index (χ3n) is 5.81. The number of nitrogens with one attached hydrogen (secondary N) is 1. The van der Waals surface area contributed by atoms with Crippen molar-refractivity contribution in [1.29, 1.82) is 0 Å². The van der Waals surface area contributed by atoms with E-state index in [9.17, 15) is 4.79 Å². The first kappa shape index (κ1) is 21.2. The van der Waals surface area contributed by atoms with Gasteiger partial charge in [-0.2, -0.15) is 0 Å². The average molecular weight is 419 g/mol. The molecule has 6 nitrogen and oxygen atoms in total. The first-order valence-corrected chi connectivity index (χ1v) is 11.2. The van der Waals surface area contributed by atoms with Crippen LogP contribution in [0.4, 0.5) is 0 Å². The fourth-order valence-electron chi connectivity index (χ4n) is 4.11. The molecule has 2 aromatic carbocycles. The van der Waals surface area contributed by atoms with Crippen molar-refractivity contribution in [3.63, 3.8) is 0 Å². The maximum atomic E-state index is 12.6. The number of aromatic nitrogens is 2. The van der Waals surface area contributed by atoms with Crippen LogP contribution in [0.15, 0.2) is 65.1 Å². The van der Waals surface area contributed by atoms with Gasteiger partial charge in [-0.3, -0.25) is 9.69 Å². The quantitative estimate of drug-likeness (QED) is 0.587. The Hall–Kier alpha value is -2.99. The van der Waals surface area contributed by atoms with Crippen LogP contribution in [0.25, 0.3) is 11.5 Å². The molecule has 1 atom stereocenters. The van der Waals surface area contributed by atoms with E-state index in [2.05, 4.69) is 44.7 Å². The number of hydrogen-bond donors (Lipinski definition) is 1. The second-order valence-electron chi connectivity index (χ2n) is 8.05. The van der Waals surface area contributed by atoms with E-state index in [4.69, 9.17) is 4.42 Å². The zero-order valence-corrected chi connectivity index (χ0v) is 17.9. The average Bonchev–Trinajstić information content (AvgIpc) is 3.14. The zero-order chi connectivity index (χ0) is 21.3. The van der Waals surface area contributed by atoms with Crippen molar-refractivity contribution in [1.82, 2.24) is 20.4 Å². The van der Waals surface area contributed by atoms with Gasteiger partial charge in [0.15, 0.2) is 0 Å². The molecule has 0 saturated carbocycles. The molecule has 1 fully saturated rings. The second kappa shape index (κ2) is 10.9. The summed E-state index contributed by atoms with van der Waals surface area (Å²) in [6.07, 6.45) is 5.79. The SMILES string of the molecule is O=C(CCc1nnc(-c2ccccc2)o1)NCC(c1ccccc1)N1CCCCCC1. The van der Waals surface area contributed by atoms with Crippen LogP contribution in [0.1, 0.15) is 49.6 Å². The number of benzene rings is 2. The predicted molar refractivity (Wildman–Crippen MR) is 120 cm³/mol. The van der Waals surface area contributed by atoms with Crippen molar-refractivity contribution >= 4 is 5.91 Å². The van der Waals surface area contributed by atoms with E-state index in [1.165, 1.54) is 31.2 Å². The van der Waals surface area contributed by atoms with Crippen LogP contribution in [-0.4, -0.2) is 40.6 Å². The molecular formula is C25H30N4O2. The van der Waals surface area contributed by atoms with Crippen LogP contribution in [0, 0.1) is 0 Å². The van der Waals surface area contributed by atoms with Crippen molar-refractivity contribution in [2.75, 3.05) is 19.6 Å².